The summed E-state index contributed by atoms with van der Waals surface area (Å²) in [6.45, 7) is 0. The smallest absolute Gasteiger partial charge is 0.173 e. The zero-order chi connectivity index (χ0) is 11.9. The minimum atomic E-state index is -3.02. The second-order valence-electron chi connectivity index (χ2n) is 4.41. The molecular weight excluding hydrogens is 238 g/mol. The average molecular weight is 251 g/mol. The number of aromatic nitrogens is 2. The molecule has 3 rings (SSSR count). The topological polar surface area (TPSA) is 72.0 Å². The van der Waals surface area contributed by atoms with Crippen LogP contribution in [0.1, 0.15) is 17.7 Å². The lowest BCUT2D eigenvalue weighted by molar-refractivity contribution is 0.605. The summed E-state index contributed by atoms with van der Waals surface area (Å²) in [6.07, 6.45) is 6.28. The van der Waals surface area contributed by atoms with Crippen molar-refractivity contribution in [2.24, 2.45) is 0 Å². The summed E-state index contributed by atoms with van der Waals surface area (Å²) in [7, 11) is -3.02. The van der Waals surface area contributed by atoms with E-state index in [-0.39, 0.29) is 11.8 Å². The molecular formula is C11H13N3O2S. The minimum absolute atomic E-state index is 0.117. The SMILES string of the molecule is O=S1(=O)C=CC(Nc2ncnc3c2CCC3)C1. The van der Waals surface area contributed by atoms with E-state index >= 15 is 0 Å². The highest BCUT2D eigenvalue weighted by Gasteiger charge is 2.24. The number of hydrogen-bond donors (Lipinski definition) is 1. The Morgan fingerprint density at radius 2 is 2.18 bits per heavy atom. The lowest BCUT2D eigenvalue weighted by Gasteiger charge is -2.13. The van der Waals surface area contributed by atoms with Gasteiger partial charge in [-0.3, -0.25) is 0 Å². The normalized spacial score (nSPS) is 24.8. The van der Waals surface area contributed by atoms with E-state index < -0.39 is 9.84 Å². The molecule has 90 valence electrons. The molecule has 1 aromatic heterocycles. The summed E-state index contributed by atoms with van der Waals surface area (Å²) in [5, 5.41) is 4.45. The Balaban J connectivity index is 1.83. The van der Waals surface area contributed by atoms with E-state index in [1.807, 2.05) is 0 Å². The Hall–Kier alpha value is -1.43. The van der Waals surface area contributed by atoms with Gasteiger partial charge in [0.1, 0.15) is 12.1 Å². The summed E-state index contributed by atoms with van der Waals surface area (Å²) in [6, 6.07) is -0.167. The predicted octanol–water partition coefficient (Wildman–Crippen LogP) is 0.688. The summed E-state index contributed by atoms with van der Waals surface area (Å²) >= 11 is 0. The minimum Gasteiger partial charge on any atom is -0.362 e. The lowest BCUT2D eigenvalue weighted by Crippen LogP contribution is -2.22. The van der Waals surface area contributed by atoms with Crippen LogP contribution in [-0.4, -0.2) is 30.2 Å². The molecule has 17 heavy (non-hydrogen) atoms. The number of nitrogens with one attached hydrogen (secondary N) is 1. The van der Waals surface area contributed by atoms with Crippen molar-refractivity contribution in [1.82, 2.24) is 9.97 Å². The molecule has 1 aliphatic carbocycles. The van der Waals surface area contributed by atoms with Crippen molar-refractivity contribution in [3.63, 3.8) is 0 Å². The van der Waals surface area contributed by atoms with Crippen LogP contribution in [0.2, 0.25) is 0 Å². The molecule has 0 fully saturated rings. The standard InChI is InChI=1S/C11H13N3O2S/c15-17(16)5-4-8(6-17)14-11-9-2-1-3-10(9)12-7-13-11/h4-5,7-8H,1-3,6H2,(H,12,13,14). The molecule has 0 saturated heterocycles. The quantitative estimate of drug-likeness (QED) is 0.837. The molecule has 0 spiro atoms. The maximum absolute atomic E-state index is 11.3. The second-order valence-corrected chi connectivity index (χ2v) is 6.34. The number of nitrogens with zero attached hydrogens (tertiary/aromatic N) is 2. The zero-order valence-electron chi connectivity index (χ0n) is 9.26. The van der Waals surface area contributed by atoms with Gasteiger partial charge >= 0.3 is 0 Å². The van der Waals surface area contributed by atoms with Crippen molar-refractivity contribution < 1.29 is 8.42 Å². The summed E-state index contributed by atoms with van der Waals surface area (Å²) in [4.78, 5) is 8.45. The highest BCUT2D eigenvalue weighted by Crippen LogP contribution is 2.26. The largest absolute Gasteiger partial charge is 0.362 e. The van der Waals surface area contributed by atoms with Gasteiger partial charge in [-0.05, 0) is 25.3 Å². The Morgan fingerprint density at radius 3 is 2.94 bits per heavy atom. The first-order valence-corrected chi connectivity index (χ1v) is 7.36. The average Bonchev–Trinajstić information content (AvgIpc) is 2.85. The zero-order valence-corrected chi connectivity index (χ0v) is 10.1. The van der Waals surface area contributed by atoms with Gasteiger partial charge in [0.05, 0.1) is 11.8 Å². The van der Waals surface area contributed by atoms with Gasteiger partial charge in [-0.1, -0.05) is 0 Å². The van der Waals surface area contributed by atoms with Crippen LogP contribution in [0.3, 0.4) is 0 Å². The first-order valence-electron chi connectivity index (χ1n) is 5.64. The Bertz CT molecular complexity index is 580. The second kappa shape index (κ2) is 3.80. The van der Waals surface area contributed by atoms with Crippen molar-refractivity contribution in [2.75, 3.05) is 11.1 Å². The third-order valence-corrected chi connectivity index (χ3v) is 4.52. The molecule has 2 aliphatic rings. The van der Waals surface area contributed by atoms with Crippen LogP contribution >= 0.6 is 0 Å². The Morgan fingerprint density at radius 1 is 1.29 bits per heavy atom. The number of rotatable bonds is 2. The molecule has 2 heterocycles. The van der Waals surface area contributed by atoms with E-state index in [0.29, 0.717) is 0 Å². The lowest BCUT2D eigenvalue weighted by atomic mass is 10.2. The van der Waals surface area contributed by atoms with Gasteiger partial charge in [-0.2, -0.15) is 0 Å². The van der Waals surface area contributed by atoms with Crippen molar-refractivity contribution in [3.8, 4) is 0 Å². The van der Waals surface area contributed by atoms with E-state index in [9.17, 15) is 8.42 Å². The number of aryl methyl sites for hydroxylation is 1. The number of hydrogen-bond acceptors (Lipinski definition) is 5. The molecule has 1 unspecified atom stereocenters. The molecule has 1 aliphatic heterocycles. The highest BCUT2D eigenvalue weighted by atomic mass is 32.2. The van der Waals surface area contributed by atoms with Gasteiger partial charge < -0.3 is 5.32 Å². The molecule has 0 saturated carbocycles. The first-order chi connectivity index (χ1) is 8.14. The van der Waals surface area contributed by atoms with Crippen molar-refractivity contribution in [1.29, 1.82) is 0 Å². The molecule has 5 nitrogen and oxygen atoms in total. The number of sulfone groups is 1. The van der Waals surface area contributed by atoms with Gasteiger partial charge in [0, 0.05) is 16.7 Å². The molecule has 0 aromatic carbocycles. The van der Waals surface area contributed by atoms with Crippen molar-refractivity contribution in [3.05, 3.63) is 29.1 Å². The monoisotopic (exact) mass is 251 g/mol. The van der Waals surface area contributed by atoms with Crippen molar-refractivity contribution >= 4 is 15.7 Å². The molecule has 1 atom stereocenters. The van der Waals surface area contributed by atoms with Crippen LogP contribution in [0.25, 0.3) is 0 Å². The Kier molecular flexibility index (Phi) is 2.39. The van der Waals surface area contributed by atoms with Crippen LogP contribution in [-0.2, 0) is 22.7 Å². The van der Waals surface area contributed by atoms with Gasteiger partial charge in [0.25, 0.3) is 0 Å². The molecule has 1 N–H and O–H groups in total. The maximum atomic E-state index is 11.3. The maximum Gasteiger partial charge on any atom is 0.173 e. The van der Waals surface area contributed by atoms with Crippen LogP contribution < -0.4 is 5.32 Å². The van der Waals surface area contributed by atoms with Gasteiger partial charge in [-0.25, -0.2) is 18.4 Å². The predicted molar refractivity (Wildman–Crippen MR) is 64.4 cm³/mol. The number of anilines is 1. The van der Waals surface area contributed by atoms with Gasteiger partial charge in [0.15, 0.2) is 9.84 Å². The van der Waals surface area contributed by atoms with Gasteiger partial charge in [-0.15, -0.1) is 0 Å². The summed E-state index contributed by atoms with van der Waals surface area (Å²) < 4.78 is 22.6. The fourth-order valence-corrected chi connectivity index (χ4v) is 3.56. The van der Waals surface area contributed by atoms with Crippen molar-refractivity contribution in [2.45, 2.75) is 25.3 Å². The first kappa shape index (κ1) is 10.7. The summed E-state index contributed by atoms with van der Waals surface area (Å²) in [5.41, 5.74) is 2.23. The van der Waals surface area contributed by atoms with Crippen LogP contribution in [0.5, 0.6) is 0 Å². The van der Waals surface area contributed by atoms with E-state index in [0.717, 1.165) is 36.3 Å². The van der Waals surface area contributed by atoms with Crippen LogP contribution in [0.4, 0.5) is 5.82 Å². The fraction of sp³-hybridized carbons (Fsp3) is 0.455. The Labute approximate surface area is 99.9 Å². The van der Waals surface area contributed by atoms with Crippen LogP contribution in [0, 0.1) is 0 Å². The van der Waals surface area contributed by atoms with E-state index in [1.54, 1.807) is 12.4 Å². The third kappa shape index (κ3) is 2.04. The third-order valence-electron chi connectivity index (χ3n) is 3.13. The molecule has 0 amide bonds. The molecule has 6 heteroatoms. The van der Waals surface area contributed by atoms with E-state index in [1.165, 1.54) is 5.41 Å². The summed E-state index contributed by atoms with van der Waals surface area (Å²) in [5.74, 6) is 0.908. The van der Waals surface area contributed by atoms with Crippen LogP contribution in [0.15, 0.2) is 17.8 Å². The molecule has 1 aromatic rings. The molecule has 0 bridgehead atoms. The van der Waals surface area contributed by atoms with E-state index in [4.69, 9.17) is 0 Å². The highest BCUT2D eigenvalue weighted by molar-refractivity contribution is 7.94. The fourth-order valence-electron chi connectivity index (χ4n) is 2.33. The van der Waals surface area contributed by atoms with Gasteiger partial charge in [0.2, 0.25) is 0 Å². The van der Waals surface area contributed by atoms with E-state index in [2.05, 4.69) is 15.3 Å². The molecule has 0 radical (unpaired) electrons. The number of fused-ring (bicyclic) bond motifs is 1.